The molecule has 5 N–H and O–H groups in total. The Bertz CT molecular complexity index is 1610. The minimum absolute atomic E-state index is 0.0276. The quantitative estimate of drug-likeness (QED) is 0.193. The number of ketones is 3. The number of rotatable bonds is 6. The monoisotopic (exact) mass is 639 g/mol. The van der Waals surface area contributed by atoms with Crippen LogP contribution in [-0.2, 0) is 30.3 Å². The van der Waals surface area contributed by atoms with E-state index in [1.54, 1.807) is 0 Å². The minimum Gasteiger partial charge on any atom is -0.507 e. The molecular formula is C29H28F3NO12. The van der Waals surface area contributed by atoms with Crippen molar-refractivity contribution in [3.8, 4) is 17.2 Å². The number of Topliss-reactive ketones (excluding diaryl/α,β-unsaturated/α-hetero) is 1. The van der Waals surface area contributed by atoms with Crippen molar-refractivity contribution in [1.29, 1.82) is 0 Å². The third kappa shape index (κ3) is 5.42. The number of aliphatic hydroxyl groups is 2. The number of nitrogens with one attached hydrogen (secondary N) is 1. The summed E-state index contributed by atoms with van der Waals surface area (Å²) in [7, 11) is 1.27. The van der Waals surface area contributed by atoms with E-state index in [0.717, 1.165) is 6.92 Å². The number of halogens is 3. The van der Waals surface area contributed by atoms with Crippen molar-refractivity contribution in [2.75, 3.05) is 7.11 Å². The van der Waals surface area contributed by atoms with E-state index < -0.39 is 108 Å². The molecule has 242 valence electrons. The van der Waals surface area contributed by atoms with Crippen LogP contribution in [-0.4, -0.2) is 87.2 Å². The lowest BCUT2D eigenvalue weighted by molar-refractivity contribution is -0.259. The molecule has 2 aromatic carbocycles. The van der Waals surface area contributed by atoms with Gasteiger partial charge in [-0.3, -0.25) is 14.4 Å². The summed E-state index contributed by atoms with van der Waals surface area (Å²) >= 11 is 0. The number of carbonyl (C=O) groups is 4. The molecule has 1 aliphatic heterocycles. The number of ether oxygens (including phenoxy) is 3. The highest BCUT2D eigenvalue weighted by Gasteiger charge is 2.50. The molecule has 13 nitrogen and oxygen atoms in total. The van der Waals surface area contributed by atoms with Crippen LogP contribution in [0.25, 0.3) is 0 Å². The van der Waals surface area contributed by atoms with Gasteiger partial charge < -0.3 is 39.5 Å². The maximum Gasteiger partial charge on any atom is 0.492 e. The predicted octanol–water partition coefficient (Wildman–Crippen LogP) is 1.68. The number of hydrogen-bond acceptors (Lipinski definition) is 13. The minimum atomic E-state index is -5.32. The number of phenolic OH excluding ortho intramolecular Hbond substituents is 2. The molecule has 0 spiro atoms. The number of phenols is 2. The van der Waals surface area contributed by atoms with E-state index in [1.807, 2.05) is 5.48 Å². The second kappa shape index (κ2) is 11.4. The molecule has 45 heavy (non-hydrogen) atoms. The van der Waals surface area contributed by atoms with E-state index in [1.165, 1.54) is 32.2 Å². The normalized spacial score (nSPS) is 27.7. The molecule has 5 rings (SSSR count). The number of hydrogen-bond donors (Lipinski definition) is 5. The average Bonchev–Trinajstić information content (AvgIpc) is 2.97. The topological polar surface area (TPSA) is 198 Å². The number of carbonyl (C=O) groups excluding carboxylic acids is 4. The van der Waals surface area contributed by atoms with Gasteiger partial charge >= 0.3 is 12.1 Å². The molecule has 4 unspecified atom stereocenters. The van der Waals surface area contributed by atoms with Crippen LogP contribution >= 0.6 is 0 Å². The Labute approximate surface area is 252 Å². The van der Waals surface area contributed by atoms with E-state index >= 15 is 0 Å². The molecule has 1 saturated heterocycles. The Kier molecular flexibility index (Phi) is 8.16. The fourth-order valence-corrected chi connectivity index (χ4v) is 5.93. The lowest BCUT2D eigenvalue weighted by Gasteiger charge is -2.42. The third-order valence-corrected chi connectivity index (χ3v) is 8.29. The first-order chi connectivity index (χ1) is 21.0. The van der Waals surface area contributed by atoms with Crippen LogP contribution < -0.4 is 10.2 Å². The number of hydroxylamine groups is 1. The van der Waals surface area contributed by atoms with Gasteiger partial charge in [-0.1, -0.05) is 12.1 Å². The second-order valence-electron chi connectivity index (χ2n) is 11.1. The first-order valence-electron chi connectivity index (χ1n) is 13.6. The number of methoxy groups -OCH3 is 1. The predicted molar refractivity (Wildman–Crippen MR) is 141 cm³/mol. The molecule has 0 saturated carbocycles. The molecule has 0 aromatic heterocycles. The van der Waals surface area contributed by atoms with Gasteiger partial charge in [0.05, 0.1) is 48.2 Å². The van der Waals surface area contributed by atoms with Crippen molar-refractivity contribution in [2.45, 2.75) is 75.5 Å². The highest BCUT2D eigenvalue weighted by Crippen LogP contribution is 2.52. The van der Waals surface area contributed by atoms with Crippen LogP contribution in [0.3, 0.4) is 0 Å². The van der Waals surface area contributed by atoms with Gasteiger partial charge in [0.25, 0.3) is 0 Å². The summed E-state index contributed by atoms with van der Waals surface area (Å²) in [5, 5.41) is 44.6. The van der Waals surface area contributed by atoms with Crippen molar-refractivity contribution in [1.82, 2.24) is 5.48 Å². The van der Waals surface area contributed by atoms with Gasteiger partial charge in [0.15, 0.2) is 17.9 Å². The van der Waals surface area contributed by atoms with E-state index in [2.05, 4.69) is 4.84 Å². The van der Waals surface area contributed by atoms with Crippen LogP contribution in [0, 0.1) is 0 Å². The number of benzene rings is 2. The van der Waals surface area contributed by atoms with Crippen molar-refractivity contribution in [3.05, 3.63) is 51.6 Å². The lowest BCUT2D eigenvalue weighted by Crippen LogP contribution is -2.55. The third-order valence-electron chi connectivity index (χ3n) is 8.29. The zero-order valence-corrected chi connectivity index (χ0v) is 23.9. The van der Waals surface area contributed by atoms with E-state index in [4.69, 9.17) is 14.2 Å². The molecule has 0 bridgehead atoms. The SMILES string of the molecule is COc1cccc2c1C(=O)c1c(O)c3c(c(O)c1C2=O)C[C@@](O)(C(C)=O)C[C@@H]3OC1CC(NOC(=O)C(F)(F)F)C(O)C(C)O1. The summed E-state index contributed by atoms with van der Waals surface area (Å²) in [6.45, 7) is 2.41. The maximum absolute atomic E-state index is 13.7. The molecule has 0 amide bonds. The first kappa shape index (κ1) is 32.3. The summed E-state index contributed by atoms with van der Waals surface area (Å²) in [6, 6.07) is 2.86. The zero-order chi connectivity index (χ0) is 33.2. The Hall–Kier alpha value is -4.09. The van der Waals surface area contributed by atoms with Gasteiger partial charge in [0, 0.05) is 36.0 Å². The van der Waals surface area contributed by atoms with E-state index in [0.29, 0.717) is 0 Å². The van der Waals surface area contributed by atoms with Gasteiger partial charge in [0.2, 0.25) is 5.78 Å². The van der Waals surface area contributed by atoms with Crippen LogP contribution in [0.15, 0.2) is 18.2 Å². The summed E-state index contributed by atoms with van der Waals surface area (Å²) in [5.41, 5.74) is -2.24. The maximum atomic E-state index is 13.7. The highest BCUT2D eigenvalue weighted by atomic mass is 19.4. The Morgan fingerprint density at radius 1 is 1.09 bits per heavy atom. The van der Waals surface area contributed by atoms with Crippen molar-refractivity contribution < 1.29 is 71.8 Å². The van der Waals surface area contributed by atoms with Crippen molar-refractivity contribution in [3.63, 3.8) is 0 Å². The smallest absolute Gasteiger partial charge is 0.492 e. The number of aliphatic hydroxyl groups excluding tert-OH is 1. The van der Waals surface area contributed by atoms with Crippen molar-refractivity contribution in [2.24, 2.45) is 0 Å². The standard InChI is InChI=1S/C29H28F3NO12/c1-10-22(35)14(33-45-27(40)29(30,31)32)7-17(43-10)44-16-9-28(41,11(2)34)8-13-19(16)26(39)21-20(24(13)37)23(36)12-5-4-6-15(42-3)18(12)25(21)38/h4-6,10,14,16-17,22,33,35,37,39,41H,7-9H2,1-3H3/t10?,14?,16-,17?,22?,28-/m0/s1. The van der Waals surface area contributed by atoms with E-state index in [-0.39, 0.29) is 28.0 Å². The van der Waals surface area contributed by atoms with Crippen LogP contribution in [0.5, 0.6) is 17.2 Å². The van der Waals surface area contributed by atoms with Gasteiger partial charge in [-0.15, -0.1) is 5.48 Å². The number of aromatic hydroxyl groups is 2. The molecule has 3 aliphatic rings. The Balaban J connectivity index is 1.56. The summed E-state index contributed by atoms with van der Waals surface area (Å²) in [4.78, 5) is 55.1. The van der Waals surface area contributed by atoms with Crippen LogP contribution in [0.2, 0.25) is 0 Å². The summed E-state index contributed by atoms with van der Waals surface area (Å²) < 4.78 is 54.8. The molecule has 1 heterocycles. The first-order valence-corrected chi connectivity index (χ1v) is 13.6. The molecule has 6 atom stereocenters. The van der Waals surface area contributed by atoms with Gasteiger partial charge in [-0.2, -0.15) is 13.2 Å². The molecule has 1 fully saturated rings. The van der Waals surface area contributed by atoms with Gasteiger partial charge in [-0.05, 0) is 19.9 Å². The van der Waals surface area contributed by atoms with Gasteiger partial charge in [-0.25, -0.2) is 4.79 Å². The second-order valence-corrected chi connectivity index (χ2v) is 11.1. The average molecular weight is 640 g/mol. The fraction of sp³-hybridized carbons (Fsp3) is 0.448. The summed E-state index contributed by atoms with van der Waals surface area (Å²) in [5.74, 6) is -6.54. The number of fused-ring (bicyclic) bond motifs is 3. The van der Waals surface area contributed by atoms with Crippen molar-refractivity contribution >= 4 is 23.3 Å². The Morgan fingerprint density at radius 3 is 2.38 bits per heavy atom. The Morgan fingerprint density at radius 2 is 1.76 bits per heavy atom. The zero-order valence-electron chi connectivity index (χ0n) is 23.9. The van der Waals surface area contributed by atoms with Gasteiger partial charge in [0.1, 0.15) is 22.8 Å². The molecule has 0 radical (unpaired) electrons. The largest absolute Gasteiger partial charge is 0.507 e. The molecular weight excluding hydrogens is 611 g/mol. The molecule has 2 aromatic rings. The summed E-state index contributed by atoms with van der Waals surface area (Å²) in [6.07, 6.45) is -12.4. The van der Waals surface area contributed by atoms with Crippen LogP contribution in [0.4, 0.5) is 13.2 Å². The molecule has 16 heteroatoms. The number of alkyl halides is 3. The fourth-order valence-electron chi connectivity index (χ4n) is 5.93. The van der Waals surface area contributed by atoms with Crippen LogP contribution in [0.1, 0.15) is 75.8 Å². The highest BCUT2D eigenvalue weighted by molar-refractivity contribution is 6.31. The molecule has 2 aliphatic carbocycles. The lowest BCUT2D eigenvalue weighted by atomic mass is 9.72. The van der Waals surface area contributed by atoms with E-state index in [9.17, 15) is 52.8 Å².